The van der Waals surface area contributed by atoms with Crippen molar-refractivity contribution >= 4 is 37.2 Å². The normalized spacial score (nSPS) is 9.73. The lowest BCUT2D eigenvalue weighted by Gasteiger charge is -1.84. The van der Waals surface area contributed by atoms with Crippen molar-refractivity contribution in [2.24, 2.45) is 5.73 Å². The molecule has 0 amide bonds. The van der Waals surface area contributed by atoms with Crippen molar-refractivity contribution in [3.05, 3.63) is 0 Å². The van der Waals surface area contributed by atoms with Gasteiger partial charge in [0.15, 0.2) is 5.17 Å². The molecule has 11 heavy (non-hydrogen) atoms. The molecule has 9 heteroatoms. The molecule has 0 spiro atoms. The van der Waals surface area contributed by atoms with Crippen LogP contribution in [-0.2, 0) is 10.4 Å². The van der Waals surface area contributed by atoms with Crippen molar-refractivity contribution in [1.29, 1.82) is 5.41 Å². The van der Waals surface area contributed by atoms with Crippen molar-refractivity contribution in [1.82, 2.24) is 0 Å². The summed E-state index contributed by atoms with van der Waals surface area (Å²) >= 11 is 0. The van der Waals surface area contributed by atoms with Gasteiger partial charge in [-0.15, -0.1) is 0 Å². The summed E-state index contributed by atoms with van der Waals surface area (Å²) in [5.74, 6) is 0. The van der Waals surface area contributed by atoms with Gasteiger partial charge in [-0.2, -0.15) is 8.42 Å². The minimum atomic E-state index is -4.67. The van der Waals surface area contributed by atoms with Gasteiger partial charge in [-0.3, -0.25) is 14.5 Å². The van der Waals surface area contributed by atoms with Crippen LogP contribution in [0.3, 0.4) is 0 Å². The van der Waals surface area contributed by atoms with E-state index < -0.39 is 10.4 Å². The molecule has 0 aliphatic rings. The van der Waals surface area contributed by atoms with E-state index in [1.807, 2.05) is 6.26 Å². The predicted octanol–water partition coefficient (Wildman–Crippen LogP) is 0.238. The first-order chi connectivity index (χ1) is 4.77. The Kier molecular flexibility index (Phi) is 8.33. The van der Waals surface area contributed by atoms with E-state index in [9.17, 15) is 0 Å². The number of amidine groups is 1. The highest BCUT2D eigenvalue weighted by molar-refractivity contribution is 8.82. The highest BCUT2D eigenvalue weighted by Gasteiger charge is 1.84. The van der Waals surface area contributed by atoms with Crippen LogP contribution in [0.25, 0.3) is 0 Å². The molecule has 0 aliphatic heterocycles. The van der Waals surface area contributed by atoms with Gasteiger partial charge < -0.3 is 5.73 Å². The average Bonchev–Trinajstić information content (AvgIpc) is 1.58. The van der Waals surface area contributed by atoms with Gasteiger partial charge >= 0.3 is 10.4 Å². The number of hydrogen-bond acceptors (Lipinski definition) is 5. The Hall–Kier alpha value is 0.0400. The lowest BCUT2D eigenvalue weighted by Crippen LogP contribution is -2.00. The van der Waals surface area contributed by atoms with Crippen LogP contribution in [-0.4, -0.2) is 28.9 Å². The molecule has 68 valence electrons. The first-order valence-corrected chi connectivity index (χ1v) is 5.97. The van der Waals surface area contributed by atoms with Gasteiger partial charge in [0, 0.05) is 0 Å². The molecule has 0 radical (unpaired) electrons. The standard InChI is InChI=1S/C2H6N2S2.H2O4S/c1-5-6-2(3)4;1-5(2,3)4/h1H3,(H3,3,4);(H2,1,2,3,4). The quantitative estimate of drug-likeness (QED) is 0.216. The first-order valence-electron chi connectivity index (χ1n) is 2.02. The summed E-state index contributed by atoms with van der Waals surface area (Å²) in [5, 5.41) is 6.78. The Morgan fingerprint density at radius 2 is 1.82 bits per heavy atom. The summed E-state index contributed by atoms with van der Waals surface area (Å²) in [5.41, 5.74) is 4.93. The molecule has 0 saturated heterocycles. The zero-order chi connectivity index (χ0) is 9.49. The summed E-state index contributed by atoms with van der Waals surface area (Å²) in [6.45, 7) is 0. The molecule has 0 atom stereocenters. The van der Waals surface area contributed by atoms with E-state index in [-0.39, 0.29) is 5.17 Å². The van der Waals surface area contributed by atoms with Crippen LogP contribution in [0.2, 0.25) is 0 Å². The molecule has 0 bridgehead atoms. The second-order valence-corrected chi connectivity index (χ2v) is 4.40. The fourth-order valence-electron chi connectivity index (χ4n) is 0.0898. The second-order valence-electron chi connectivity index (χ2n) is 1.06. The van der Waals surface area contributed by atoms with Crippen molar-refractivity contribution in [3.8, 4) is 0 Å². The molecule has 0 fully saturated rings. The largest absolute Gasteiger partial charge is 0.394 e. The third-order valence-corrected chi connectivity index (χ3v) is 1.56. The molecular formula is C2H8N2O4S3. The predicted molar refractivity (Wildman–Crippen MR) is 47.2 cm³/mol. The van der Waals surface area contributed by atoms with Gasteiger partial charge in [-0.1, -0.05) is 10.8 Å². The highest BCUT2D eigenvalue weighted by atomic mass is 33.1. The Bertz CT molecular complexity index is 191. The number of rotatable bonds is 1. The molecule has 0 aliphatic carbocycles. The average molecular weight is 220 g/mol. The van der Waals surface area contributed by atoms with Gasteiger partial charge in [0.2, 0.25) is 0 Å². The summed E-state index contributed by atoms with van der Waals surface area (Å²) in [7, 11) is -1.93. The smallest absolute Gasteiger partial charge is 0.378 e. The number of nitrogens with two attached hydrogens (primary N) is 1. The third kappa shape index (κ3) is 70.2. The van der Waals surface area contributed by atoms with Crippen LogP contribution in [0.5, 0.6) is 0 Å². The van der Waals surface area contributed by atoms with E-state index in [0.717, 1.165) is 0 Å². The van der Waals surface area contributed by atoms with E-state index in [2.05, 4.69) is 0 Å². The maximum absolute atomic E-state index is 8.74. The van der Waals surface area contributed by atoms with E-state index in [0.29, 0.717) is 0 Å². The molecule has 0 aromatic rings. The maximum atomic E-state index is 8.74. The van der Waals surface area contributed by atoms with E-state index in [1.54, 1.807) is 0 Å². The summed E-state index contributed by atoms with van der Waals surface area (Å²) in [6.07, 6.45) is 1.88. The van der Waals surface area contributed by atoms with E-state index in [1.165, 1.54) is 21.6 Å². The number of hydrogen-bond donors (Lipinski definition) is 4. The lowest BCUT2D eigenvalue weighted by atomic mass is 11.4. The molecule has 0 heterocycles. The van der Waals surface area contributed by atoms with Gasteiger partial charge in [-0.25, -0.2) is 0 Å². The Balaban J connectivity index is 0. The Labute approximate surface area is 72.4 Å². The van der Waals surface area contributed by atoms with Crippen LogP contribution in [0.15, 0.2) is 0 Å². The van der Waals surface area contributed by atoms with Crippen molar-refractivity contribution in [2.45, 2.75) is 0 Å². The minimum Gasteiger partial charge on any atom is -0.378 e. The fourth-order valence-corrected chi connectivity index (χ4v) is 0.808. The highest BCUT2D eigenvalue weighted by Crippen LogP contribution is 2.14. The summed E-state index contributed by atoms with van der Waals surface area (Å²) in [6, 6.07) is 0. The summed E-state index contributed by atoms with van der Waals surface area (Å²) in [4.78, 5) is 0. The second kappa shape index (κ2) is 6.73. The van der Waals surface area contributed by atoms with Crippen LogP contribution in [0.1, 0.15) is 0 Å². The Morgan fingerprint density at radius 3 is 1.82 bits per heavy atom. The van der Waals surface area contributed by atoms with Gasteiger partial charge in [0.25, 0.3) is 0 Å². The molecule has 5 N–H and O–H groups in total. The van der Waals surface area contributed by atoms with Crippen LogP contribution in [0.4, 0.5) is 0 Å². The van der Waals surface area contributed by atoms with Crippen LogP contribution >= 0.6 is 21.6 Å². The maximum Gasteiger partial charge on any atom is 0.394 e. The SMILES string of the molecule is CSSC(=N)N.O=S(=O)(O)O. The monoisotopic (exact) mass is 220 g/mol. The van der Waals surface area contributed by atoms with Crippen molar-refractivity contribution in [2.75, 3.05) is 6.26 Å². The molecule has 6 nitrogen and oxygen atoms in total. The fraction of sp³-hybridized carbons (Fsp3) is 0.500. The topological polar surface area (TPSA) is 124 Å². The number of nitrogens with one attached hydrogen (secondary N) is 1. The zero-order valence-corrected chi connectivity index (χ0v) is 7.96. The minimum absolute atomic E-state index is 0.169. The van der Waals surface area contributed by atoms with Crippen LogP contribution in [0, 0.1) is 5.41 Å². The van der Waals surface area contributed by atoms with E-state index in [4.69, 9.17) is 28.7 Å². The van der Waals surface area contributed by atoms with Gasteiger partial charge in [0.1, 0.15) is 0 Å². The first kappa shape index (κ1) is 13.6. The van der Waals surface area contributed by atoms with Gasteiger partial charge in [0.05, 0.1) is 0 Å². The molecular weight excluding hydrogens is 212 g/mol. The molecule has 0 aromatic carbocycles. The molecule has 0 saturated carbocycles. The van der Waals surface area contributed by atoms with Gasteiger partial charge in [-0.05, 0) is 17.0 Å². The Morgan fingerprint density at radius 1 is 1.55 bits per heavy atom. The van der Waals surface area contributed by atoms with Crippen molar-refractivity contribution in [3.63, 3.8) is 0 Å². The molecule has 0 aromatic heterocycles. The summed E-state index contributed by atoms with van der Waals surface area (Å²) < 4.78 is 31.6. The molecule has 0 unspecified atom stereocenters. The zero-order valence-electron chi connectivity index (χ0n) is 5.51. The molecule has 0 rings (SSSR count). The van der Waals surface area contributed by atoms with E-state index >= 15 is 0 Å². The lowest BCUT2D eigenvalue weighted by molar-refractivity contribution is 0.381. The van der Waals surface area contributed by atoms with Crippen LogP contribution < -0.4 is 5.73 Å². The third-order valence-electron chi connectivity index (χ3n) is 0.173. The van der Waals surface area contributed by atoms with Crippen molar-refractivity contribution < 1.29 is 17.5 Å².